The van der Waals surface area contributed by atoms with Gasteiger partial charge in [0.15, 0.2) is 15.8 Å². The highest BCUT2D eigenvalue weighted by Gasteiger charge is 2.23. The van der Waals surface area contributed by atoms with Crippen LogP contribution in [0, 0.1) is 12.7 Å². The van der Waals surface area contributed by atoms with Gasteiger partial charge in [-0.1, -0.05) is 22.9 Å². The number of nitrogens with one attached hydrogen (secondary N) is 1. The smallest absolute Gasteiger partial charge is 0.317 e. The predicted octanol–water partition coefficient (Wildman–Crippen LogP) is 4.93. The molecule has 0 aliphatic carbocycles. The van der Waals surface area contributed by atoms with Crippen molar-refractivity contribution in [1.29, 1.82) is 0 Å². The van der Waals surface area contributed by atoms with Crippen molar-refractivity contribution in [3.63, 3.8) is 0 Å². The minimum absolute atomic E-state index is 0.0691. The van der Waals surface area contributed by atoms with Gasteiger partial charge in [-0.05, 0) is 32.0 Å². The van der Waals surface area contributed by atoms with Gasteiger partial charge < -0.3 is 14.2 Å². The second-order valence-corrected chi connectivity index (χ2v) is 8.56. The standard InChI is InChI=1S/C23H21ClFN5O4S/c1-4-33-7-8-34-22-27-11-16-21(30-22)35-23(28-16)29-20(31)14-10-26-12(2)9-13(14)18-17(32-3)6-5-15(24)19(18)25/h5-6,9-11H,4,7-8H2,1-3H3,(H,28,29,31). The summed E-state index contributed by atoms with van der Waals surface area (Å²) in [5, 5.41) is 2.93. The number of aryl methyl sites for hydroxylation is 1. The SMILES string of the molecule is CCOCCOc1ncc2nc(NC(=O)c3cnc(C)cc3-c3c(OC)ccc(Cl)c3F)sc2n1. The Balaban J connectivity index is 1.62. The van der Waals surface area contributed by atoms with Crippen LogP contribution in [0.1, 0.15) is 23.0 Å². The summed E-state index contributed by atoms with van der Waals surface area (Å²) in [5.74, 6) is -0.995. The number of nitrogens with zero attached hydrogens (tertiary/aromatic N) is 4. The van der Waals surface area contributed by atoms with E-state index in [1.807, 2.05) is 6.92 Å². The van der Waals surface area contributed by atoms with E-state index >= 15 is 4.39 Å². The van der Waals surface area contributed by atoms with Gasteiger partial charge in [0.1, 0.15) is 17.9 Å². The number of pyridine rings is 1. The van der Waals surface area contributed by atoms with E-state index in [9.17, 15) is 4.79 Å². The van der Waals surface area contributed by atoms with E-state index in [0.717, 1.165) is 11.3 Å². The molecule has 9 nitrogen and oxygen atoms in total. The fourth-order valence-corrected chi connectivity index (χ4v) is 4.20. The molecule has 1 N–H and O–H groups in total. The zero-order chi connectivity index (χ0) is 24.9. The molecule has 0 saturated heterocycles. The molecule has 0 atom stereocenters. The molecular weight excluding hydrogens is 497 g/mol. The maximum absolute atomic E-state index is 15.0. The van der Waals surface area contributed by atoms with Crippen molar-refractivity contribution in [1.82, 2.24) is 19.9 Å². The maximum Gasteiger partial charge on any atom is 0.317 e. The summed E-state index contributed by atoms with van der Waals surface area (Å²) in [6.45, 7) is 4.96. The monoisotopic (exact) mass is 517 g/mol. The molecule has 0 radical (unpaired) electrons. The highest BCUT2D eigenvalue weighted by molar-refractivity contribution is 7.22. The number of thiazole rings is 1. The molecule has 0 unspecified atom stereocenters. The Morgan fingerprint density at radius 1 is 1.20 bits per heavy atom. The Bertz CT molecular complexity index is 1380. The minimum atomic E-state index is -0.696. The summed E-state index contributed by atoms with van der Waals surface area (Å²) in [6.07, 6.45) is 2.88. The van der Waals surface area contributed by atoms with Crippen molar-refractivity contribution in [3.05, 3.63) is 52.7 Å². The van der Waals surface area contributed by atoms with Crippen LogP contribution in [0.25, 0.3) is 21.5 Å². The first-order valence-electron chi connectivity index (χ1n) is 10.6. The molecule has 0 aliphatic rings. The van der Waals surface area contributed by atoms with E-state index in [1.165, 1.54) is 25.6 Å². The lowest BCUT2D eigenvalue weighted by molar-refractivity contribution is 0.102. The van der Waals surface area contributed by atoms with Crippen molar-refractivity contribution in [3.8, 4) is 22.9 Å². The molecule has 1 aromatic carbocycles. The normalized spacial score (nSPS) is 11.0. The van der Waals surface area contributed by atoms with Gasteiger partial charge in [-0.3, -0.25) is 15.1 Å². The first kappa shape index (κ1) is 24.7. The highest BCUT2D eigenvalue weighted by atomic mass is 35.5. The molecule has 0 bridgehead atoms. The predicted molar refractivity (Wildman–Crippen MR) is 131 cm³/mol. The van der Waals surface area contributed by atoms with Gasteiger partial charge in [0.05, 0.1) is 36.1 Å². The van der Waals surface area contributed by atoms with Crippen molar-refractivity contribution in [2.75, 3.05) is 32.2 Å². The topological polar surface area (TPSA) is 108 Å². The molecule has 4 rings (SSSR count). The van der Waals surface area contributed by atoms with Gasteiger partial charge in [0.25, 0.3) is 5.91 Å². The van der Waals surface area contributed by atoms with Crippen LogP contribution in [0.4, 0.5) is 9.52 Å². The van der Waals surface area contributed by atoms with E-state index in [2.05, 4.69) is 25.3 Å². The third-order valence-electron chi connectivity index (χ3n) is 4.84. The average Bonchev–Trinajstić information content (AvgIpc) is 3.24. The number of amides is 1. The number of ether oxygens (including phenoxy) is 3. The first-order valence-corrected chi connectivity index (χ1v) is 11.7. The molecule has 0 fully saturated rings. The molecule has 12 heteroatoms. The second kappa shape index (κ2) is 10.9. The summed E-state index contributed by atoms with van der Waals surface area (Å²) in [7, 11) is 1.41. The molecular formula is C23H21ClFN5O4S. The molecule has 182 valence electrons. The van der Waals surface area contributed by atoms with Crippen molar-refractivity contribution >= 4 is 44.3 Å². The zero-order valence-electron chi connectivity index (χ0n) is 19.1. The van der Waals surface area contributed by atoms with E-state index in [1.54, 1.807) is 19.1 Å². The van der Waals surface area contributed by atoms with Crippen LogP contribution in [0.5, 0.6) is 11.8 Å². The molecule has 0 saturated carbocycles. The van der Waals surface area contributed by atoms with Gasteiger partial charge in [0, 0.05) is 24.1 Å². The van der Waals surface area contributed by atoms with Crippen molar-refractivity contribution < 1.29 is 23.4 Å². The van der Waals surface area contributed by atoms with Crippen LogP contribution < -0.4 is 14.8 Å². The van der Waals surface area contributed by atoms with Crippen LogP contribution in [-0.4, -0.2) is 52.8 Å². The van der Waals surface area contributed by atoms with Crippen LogP contribution in [0.15, 0.2) is 30.6 Å². The zero-order valence-corrected chi connectivity index (χ0v) is 20.7. The number of methoxy groups -OCH3 is 1. The fraction of sp³-hybridized carbons (Fsp3) is 0.261. The number of carbonyl (C=O) groups is 1. The fourth-order valence-electron chi connectivity index (χ4n) is 3.25. The van der Waals surface area contributed by atoms with Gasteiger partial charge in [-0.15, -0.1) is 0 Å². The number of aromatic nitrogens is 4. The molecule has 3 heterocycles. The van der Waals surface area contributed by atoms with Crippen LogP contribution >= 0.6 is 22.9 Å². The number of halogens is 2. The Morgan fingerprint density at radius 2 is 2.03 bits per heavy atom. The quantitative estimate of drug-likeness (QED) is 0.311. The molecule has 35 heavy (non-hydrogen) atoms. The van der Waals surface area contributed by atoms with Crippen LogP contribution in [-0.2, 0) is 4.74 Å². The molecule has 0 spiro atoms. The van der Waals surface area contributed by atoms with Crippen LogP contribution in [0.3, 0.4) is 0 Å². The largest absolute Gasteiger partial charge is 0.496 e. The average molecular weight is 518 g/mol. The third kappa shape index (κ3) is 5.47. The Labute approximate surface area is 209 Å². The summed E-state index contributed by atoms with van der Waals surface area (Å²) in [5.41, 5.74) is 1.56. The number of benzene rings is 1. The van der Waals surface area contributed by atoms with Crippen molar-refractivity contribution in [2.24, 2.45) is 0 Å². The lowest BCUT2D eigenvalue weighted by Crippen LogP contribution is -2.14. The molecule has 1 amide bonds. The number of fused-ring (bicyclic) bond motifs is 1. The number of hydrogen-bond acceptors (Lipinski definition) is 9. The van der Waals surface area contributed by atoms with Gasteiger partial charge >= 0.3 is 6.01 Å². The maximum atomic E-state index is 15.0. The summed E-state index contributed by atoms with van der Waals surface area (Å²) in [4.78, 5) is 30.7. The summed E-state index contributed by atoms with van der Waals surface area (Å²) in [6, 6.07) is 4.72. The van der Waals surface area contributed by atoms with Crippen molar-refractivity contribution in [2.45, 2.75) is 13.8 Å². The Kier molecular flexibility index (Phi) is 7.69. The van der Waals surface area contributed by atoms with E-state index in [0.29, 0.717) is 35.9 Å². The number of anilines is 1. The Morgan fingerprint density at radius 3 is 2.80 bits per heavy atom. The van der Waals surface area contributed by atoms with Gasteiger partial charge in [0.2, 0.25) is 0 Å². The number of carbonyl (C=O) groups excluding carboxylic acids is 1. The first-order chi connectivity index (χ1) is 16.9. The lowest BCUT2D eigenvalue weighted by atomic mass is 9.98. The summed E-state index contributed by atoms with van der Waals surface area (Å²) >= 11 is 7.16. The molecule has 0 aliphatic heterocycles. The number of rotatable bonds is 9. The summed E-state index contributed by atoms with van der Waals surface area (Å²) < 4.78 is 31.1. The van der Waals surface area contributed by atoms with E-state index < -0.39 is 11.7 Å². The van der Waals surface area contributed by atoms with Gasteiger partial charge in [-0.2, -0.15) is 4.98 Å². The number of hydrogen-bond donors (Lipinski definition) is 1. The molecule has 3 aromatic heterocycles. The van der Waals surface area contributed by atoms with E-state index in [4.69, 9.17) is 25.8 Å². The van der Waals surface area contributed by atoms with Gasteiger partial charge in [-0.25, -0.2) is 14.4 Å². The lowest BCUT2D eigenvalue weighted by Gasteiger charge is -2.14. The van der Waals surface area contributed by atoms with E-state index in [-0.39, 0.29) is 38.6 Å². The van der Waals surface area contributed by atoms with Crippen LogP contribution in [0.2, 0.25) is 5.02 Å². The molecule has 4 aromatic rings. The minimum Gasteiger partial charge on any atom is -0.496 e. The Hall–Kier alpha value is -3.41. The second-order valence-electron chi connectivity index (χ2n) is 7.17. The third-order valence-corrected chi connectivity index (χ3v) is 6.02. The highest BCUT2D eigenvalue weighted by Crippen LogP contribution is 2.38.